The minimum Gasteiger partial charge on any atom is -0.480 e. The number of carbonyl (C=O) groups is 3. The smallest absolute Gasteiger partial charge is 0.407 e. The number of thiazole rings is 1. The fraction of sp³-hybridized carbons (Fsp3) is 0.280. The van der Waals surface area contributed by atoms with Gasteiger partial charge in [-0.05, 0) is 28.2 Å². The van der Waals surface area contributed by atoms with Crippen LogP contribution in [-0.2, 0) is 16.1 Å². The van der Waals surface area contributed by atoms with Gasteiger partial charge in [-0.25, -0.2) is 14.6 Å². The summed E-state index contributed by atoms with van der Waals surface area (Å²) in [6.07, 6.45) is -0.575. The summed E-state index contributed by atoms with van der Waals surface area (Å²) in [7, 11) is 0. The highest BCUT2D eigenvalue weighted by Crippen LogP contribution is 2.44. The van der Waals surface area contributed by atoms with Gasteiger partial charge in [-0.1, -0.05) is 62.4 Å². The van der Waals surface area contributed by atoms with Crippen molar-refractivity contribution >= 4 is 29.3 Å². The Labute approximate surface area is 201 Å². The molecule has 1 aliphatic carbocycles. The molecule has 176 valence electrons. The molecule has 0 bridgehead atoms. The summed E-state index contributed by atoms with van der Waals surface area (Å²) in [5.41, 5.74) is 4.69. The molecule has 0 aliphatic heterocycles. The Morgan fingerprint density at radius 2 is 1.68 bits per heavy atom. The van der Waals surface area contributed by atoms with Crippen molar-refractivity contribution in [1.82, 2.24) is 15.6 Å². The topological polar surface area (TPSA) is 118 Å². The molecule has 3 aromatic rings. The third-order valence-electron chi connectivity index (χ3n) is 5.73. The largest absolute Gasteiger partial charge is 0.480 e. The van der Waals surface area contributed by atoms with E-state index in [-0.39, 0.29) is 30.7 Å². The lowest BCUT2D eigenvalue weighted by molar-refractivity contribution is -0.140. The standard InChI is InChI=1S/C25H25N3O5S/c1-14(2)22(24(30)31)28-23(29)20-13-34-21(27-20)11-26-25(32)33-12-19-17-9-5-3-7-15(17)16-8-4-6-10-18(16)19/h3-10,13-14,19,22H,11-12H2,1-2H3,(H,26,32)(H,28,29)(H,30,31). The van der Waals surface area contributed by atoms with Crippen molar-refractivity contribution in [3.63, 3.8) is 0 Å². The maximum Gasteiger partial charge on any atom is 0.407 e. The monoisotopic (exact) mass is 479 g/mol. The maximum atomic E-state index is 12.3. The Balaban J connectivity index is 1.31. The van der Waals surface area contributed by atoms with Crippen molar-refractivity contribution in [2.75, 3.05) is 6.61 Å². The number of fused-ring (bicyclic) bond motifs is 3. The summed E-state index contributed by atoms with van der Waals surface area (Å²) in [4.78, 5) is 40.1. The fourth-order valence-corrected chi connectivity index (χ4v) is 4.74. The molecule has 1 atom stereocenters. The third kappa shape index (κ3) is 4.94. The van der Waals surface area contributed by atoms with Crippen molar-refractivity contribution in [2.24, 2.45) is 5.92 Å². The van der Waals surface area contributed by atoms with Gasteiger partial charge in [0.25, 0.3) is 5.91 Å². The second kappa shape index (κ2) is 10.0. The molecule has 0 saturated heterocycles. The number of aromatic nitrogens is 1. The average molecular weight is 480 g/mol. The molecule has 1 unspecified atom stereocenters. The molecule has 4 rings (SSSR count). The van der Waals surface area contributed by atoms with Crippen LogP contribution in [-0.4, -0.2) is 40.7 Å². The first kappa shape index (κ1) is 23.4. The van der Waals surface area contributed by atoms with Gasteiger partial charge in [0.15, 0.2) is 0 Å². The number of nitrogens with zero attached hydrogens (tertiary/aromatic N) is 1. The van der Waals surface area contributed by atoms with E-state index in [1.54, 1.807) is 13.8 Å². The van der Waals surface area contributed by atoms with E-state index in [9.17, 15) is 19.5 Å². The zero-order chi connectivity index (χ0) is 24.2. The molecule has 2 amide bonds. The third-order valence-corrected chi connectivity index (χ3v) is 6.58. The lowest BCUT2D eigenvalue weighted by Crippen LogP contribution is -2.44. The molecule has 9 heteroatoms. The minimum absolute atomic E-state index is 0.0311. The number of rotatable bonds is 8. The van der Waals surface area contributed by atoms with Crippen LogP contribution in [0.5, 0.6) is 0 Å². The predicted octanol–water partition coefficient (Wildman–Crippen LogP) is 4.02. The molecular weight excluding hydrogens is 454 g/mol. The van der Waals surface area contributed by atoms with E-state index in [0.717, 1.165) is 22.3 Å². The first-order valence-electron chi connectivity index (χ1n) is 10.9. The van der Waals surface area contributed by atoms with Crippen molar-refractivity contribution in [3.8, 4) is 11.1 Å². The molecule has 1 aliphatic rings. The van der Waals surface area contributed by atoms with Gasteiger partial charge in [-0.15, -0.1) is 11.3 Å². The number of benzene rings is 2. The summed E-state index contributed by atoms with van der Waals surface area (Å²) in [5.74, 6) is -1.97. The molecule has 0 spiro atoms. The van der Waals surface area contributed by atoms with Gasteiger partial charge < -0.3 is 20.5 Å². The lowest BCUT2D eigenvalue weighted by Gasteiger charge is -2.16. The molecule has 0 saturated carbocycles. The Morgan fingerprint density at radius 1 is 1.06 bits per heavy atom. The molecule has 8 nitrogen and oxygen atoms in total. The molecule has 0 radical (unpaired) electrons. The molecule has 1 heterocycles. The van der Waals surface area contributed by atoms with Gasteiger partial charge in [-0.3, -0.25) is 4.79 Å². The van der Waals surface area contributed by atoms with E-state index in [1.807, 2.05) is 24.3 Å². The number of carboxylic acid groups (broad SMARTS) is 1. The number of hydrogen-bond donors (Lipinski definition) is 3. The van der Waals surface area contributed by atoms with Gasteiger partial charge in [0.2, 0.25) is 0 Å². The van der Waals surface area contributed by atoms with Crippen molar-refractivity contribution in [3.05, 3.63) is 75.7 Å². The van der Waals surface area contributed by atoms with Crippen LogP contribution >= 0.6 is 11.3 Å². The van der Waals surface area contributed by atoms with E-state index in [4.69, 9.17) is 4.74 Å². The Morgan fingerprint density at radius 3 is 2.26 bits per heavy atom. The van der Waals surface area contributed by atoms with Crippen molar-refractivity contribution < 1.29 is 24.2 Å². The predicted molar refractivity (Wildman–Crippen MR) is 128 cm³/mol. The maximum absolute atomic E-state index is 12.3. The second-order valence-corrected chi connectivity index (χ2v) is 9.28. The number of hydrogen-bond acceptors (Lipinski definition) is 6. The molecule has 3 N–H and O–H groups in total. The first-order valence-corrected chi connectivity index (χ1v) is 11.8. The second-order valence-electron chi connectivity index (χ2n) is 8.34. The van der Waals surface area contributed by atoms with Crippen LogP contribution in [0.15, 0.2) is 53.9 Å². The summed E-state index contributed by atoms with van der Waals surface area (Å²) in [6, 6.07) is 15.2. The number of carbonyl (C=O) groups excluding carboxylic acids is 2. The van der Waals surface area contributed by atoms with Gasteiger partial charge in [0.05, 0.1) is 6.54 Å². The number of amides is 2. The average Bonchev–Trinajstić information content (AvgIpc) is 3.42. The van der Waals surface area contributed by atoms with Crippen LogP contribution in [0.4, 0.5) is 4.79 Å². The van der Waals surface area contributed by atoms with E-state index in [2.05, 4.69) is 39.9 Å². The highest BCUT2D eigenvalue weighted by molar-refractivity contribution is 7.09. The molecular formula is C25H25N3O5S. The molecule has 34 heavy (non-hydrogen) atoms. The highest BCUT2D eigenvalue weighted by atomic mass is 32.1. The van der Waals surface area contributed by atoms with Crippen LogP contribution in [0.2, 0.25) is 0 Å². The fourth-order valence-electron chi connectivity index (χ4n) is 4.02. The highest BCUT2D eigenvalue weighted by Gasteiger charge is 2.29. The number of ether oxygens (including phenoxy) is 1. The Hall–Kier alpha value is -3.72. The van der Waals surface area contributed by atoms with Crippen LogP contribution in [0, 0.1) is 5.92 Å². The van der Waals surface area contributed by atoms with E-state index < -0.39 is 24.0 Å². The van der Waals surface area contributed by atoms with E-state index >= 15 is 0 Å². The zero-order valence-corrected chi connectivity index (χ0v) is 19.6. The Kier molecular flexibility index (Phi) is 6.93. The van der Waals surface area contributed by atoms with Crippen LogP contribution < -0.4 is 10.6 Å². The number of alkyl carbamates (subject to hydrolysis) is 1. The summed E-state index contributed by atoms with van der Waals surface area (Å²) in [5, 5.41) is 16.4. The van der Waals surface area contributed by atoms with Crippen LogP contribution in [0.1, 0.15) is 46.4 Å². The minimum atomic E-state index is -1.10. The molecule has 0 fully saturated rings. The van der Waals surface area contributed by atoms with Crippen molar-refractivity contribution in [2.45, 2.75) is 32.4 Å². The number of nitrogens with one attached hydrogen (secondary N) is 2. The normalized spacial score (nSPS) is 13.1. The van der Waals surface area contributed by atoms with Gasteiger partial charge in [0.1, 0.15) is 23.4 Å². The lowest BCUT2D eigenvalue weighted by atomic mass is 9.98. The van der Waals surface area contributed by atoms with Crippen LogP contribution in [0.25, 0.3) is 11.1 Å². The molecule has 2 aromatic carbocycles. The molecule has 1 aromatic heterocycles. The van der Waals surface area contributed by atoms with Gasteiger partial charge in [-0.2, -0.15) is 0 Å². The van der Waals surface area contributed by atoms with E-state index in [1.165, 1.54) is 16.7 Å². The summed E-state index contributed by atoms with van der Waals surface area (Å²) >= 11 is 1.20. The summed E-state index contributed by atoms with van der Waals surface area (Å²) in [6.45, 7) is 3.73. The van der Waals surface area contributed by atoms with Gasteiger partial charge in [0, 0.05) is 11.3 Å². The number of carboxylic acids is 1. The zero-order valence-electron chi connectivity index (χ0n) is 18.8. The number of aliphatic carboxylic acids is 1. The first-order chi connectivity index (χ1) is 16.3. The quantitative estimate of drug-likeness (QED) is 0.449. The van der Waals surface area contributed by atoms with Crippen molar-refractivity contribution in [1.29, 1.82) is 0 Å². The summed E-state index contributed by atoms with van der Waals surface area (Å²) < 4.78 is 5.50. The van der Waals surface area contributed by atoms with Gasteiger partial charge >= 0.3 is 12.1 Å². The Bertz CT molecular complexity index is 1180. The van der Waals surface area contributed by atoms with Crippen LogP contribution in [0.3, 0.4) is 0 Å². The SMILES string of the molecule is CC(C)C(NC(=O)c1csc(CNC(=O)OCC2c3ccccc3-c3ccccc32)n1)C(=O)O. The van der Waals surface area contributed by atoms with E-state index in [0.29, 0.717) is 5.01 Å².